The number of benzene rings is 1. The van der Waals surface area contributed by atoms with Gasteiger partial charge in [-0.15, -0.1) is 0 Å². The summed E-state index contributed by atoms with van der Waals surface area (Å²) in [5, 5.41) is 0.906. The molecule has 0 spiro atoms. The van der Waals surface area contributed by atoms with Crippen LogP contribution in [-0.2, 0) is 11.3 Å². The molecule has 1 aromatic carbocycles. The van der Waals surface area contributed by atoms with Gasteiger partial charge < -0.3 is 9.15 Å². The number of fused-ring (bicyclic) bond motifs is 1. The third kappa shape index (κ3) is 1.42. The first kappa shape index (κ1) is 8.26. The van der Waals surface area contributed by atoms with Crippen LogP contribution in [0, 0.1) is 5.82 Å². The molecule has 0 fully saturated rings. The Bertz CT molecular complexity index is 420. The van der Waals surface area contributed by atoms with Gasteiger partial charge in [-0.05, 0) is 12.1 Å². The van der Waals surface area contributed by atoms with Crippen LogP contribution in [0.4, 0.5) is 4.39 Å². The molecular formula is C10H9FO2. The molecule has 3 heteroatoms. The highest BCUT2D eigenvalue weighted by Crippen LogP contribution is 2.22. The molecule has 1 aromatic heterocycles. The average molecular weight is 180 g/mol. The number of methoxy groups -OCH3 is 1. The van der Waals surface area contributed by atoms with Gasteiger partial charge >= 0.3 is 0 Å². The van der Waals surface area contributed by atoms with Gasteiger partial charge in [0.05, 0.1) is 12.9 Å². The van der Waals surface area contributed by atoms with Gasteiger partial charge in [-0.2, -0.15) is 0 Å². The van der Waals surface area contributed by atoms with Crippen molar-refractivity contribution < 1.29 is 13.5 Å². The van der Waals surface area contributed by atoms with E-state index in [9.17, 15) is 4.39 Å². The monoisotopic (exact) mass is 180 g/mol. The van der Waals surface area contributed by atoms with Crippen LogP contribution in [0.2, 0.25) is 0 Å². The van der Waals surface area contributed by atoms with Crippen molar-refractivity contribution in [1.82, 2.24) is 0 Å². The summed E-state index contributed by atoms with van der Waals surface area (Å²) < 4.78 is 22.9. The van der Waals surface area contributed by atoms with Crippen LogP contribution in [0.1, 0.15) is 5.56 Å². The quantitative estimate of drug-likeness (QED) is 0.709. The number of halogens is 1. The second-order valence-corrected chi connectivity index (χ2v) is 2.83. The van der Waals surface area contributed by atoms with E-state index >= 15 is 0 Å². The Hall–Kier alpha value is -1.35. The molecule has 0 atom stereocenters. The first-order valence-corrected chi connectivity index (χ1v) is 3.96. The zero-order valence-corrected chi connectivity index (χ0v) is 7.21. The first-order chi connectivity index (χ1) is 6.31. The molecule has 0 saturated heterocycles. The Morgan fingerprint density at radius 3 is 3.08 bits per heavy atom. The maximum atomic E-state index is 12.7. The fourth-order valence-electron chi connectivity index (χ4n) is 1.32. The summed E-state index contributed by atoms with van der Waals surface area (Å²) in [5.74, 6) is -0.286. The smallest absolute Gasteiger partial charge is 0.137 e. The van der Waals surface area contributed by atoms with Gasteiger partial charge in [-0.1, -0.05) is 0 Å². The second-order valence-electron chi connectivity index (χ2n) is 2.83. The van der Waals surface area contributed by atoms with E-state index in [2.05, 4.69) is 0 Å². The molecule has 2 rings (SSSR count). The minimum Gasteiger partial charge on any atom is -0.464 e. The van der Waals surface area contributed by atoms with E-state index in [0.717, 1.165) is 10.9 Å². The van der Waals surface area contributed by atoms with E-state index in [-0.39, 0.29) is 5.82 Å². The van der Waals surface area contributed by atoms with Crippen LogP contribution in [0.3, 0.4) is 0 Å². The molecule has 0 saturated carbocycles. The lowest BCUT2D eigenvalue weighted by atomic mass is 10.2. The van der Waals surface area contributed by atoms with Gasteiger partial charge in [0.2, 0.25) is 0 Å². The summed E-state index contributed by atoms with van der Waals surface area (Å²) in [6, 6.07) is 4.48. The molecule has 0 aliphatic carbocycles. The van der Waals surface area contributed by atoms with Crippen molar-refractivity contribution in [3.8, 4) is 0 Å². The third-order valence-corrected chi connectivity index (χ3v) is 1.92. The van der Waals surface area contributed by atoms with Crippen molar-refractivity contribution >= 4 is 11.0 Å². The standard InChI is InChI=1S/C10H9FO2/c1-12-5-7-6-13-10-4-8(11)2-3-9(7)10/h2-4,6H,5H2,1H3. The Kier molecular flexibility index (Phi) is 2.02. The van der Waals surface area contributed by atoms with Crippen molar-refractivity contribution in [1.29, 1.82) is 0 Å². The molecular weight excluding hydrogens is 171 g/mol. The van der Waals surface area contributed by atoms with Gasteiger partial charge in [0.15, 0.2) is 0 Å². The Balaban J connectivity index is 2.55. The average Bonchev–Trinajstić information content (AvgIpc) is 2.49. The molecule has 13 heavy (non-hydrogen) atoms. The Labute approximate surface area is 74.9 Å². The van der Waals surface area contributed by atoms with Crippen molar-refractivity contribution in [2.24, 2.45) is 0 Å². The molecule has 0 bridgehead atoms. The number of rotatable bonds is 2. The molecule has 0 N–H and O–H groups in total. The maximum absolute atomic E-state index is 12.7. The predicted molar refractivity (Wildman–Crippen MR) is 46.9 cm³/mol. The molecule has 0 aliphatic heterocycles. The predicted octanol–water partition coefficient (Wildman–Crippen LogP) is 2.72. The summed E-state index contributed by atoms with van der Waals surface area (Å²) in [6.07, 6.45) is 1.59. The molecule has 0 aliphatic rings. The van der Waals surface area contributed by atoms with E-state index in [1.165, 1.54) is 12.1 Å². The van der Waals surface area contributed by atoms with E-state index in [1.807, 2.05) is 0 Å². The van der Waals surface area contributed by atoms with Crippen LogP contribution in [-0.4, -0.2) is 7.11 Å². The van der Waals surface area contributed by atoms with Crippen molar-refractivity contribution in [3.05, 3.63) is 35.8 Å². The van der Waals surface area contributed by atoms with Crippen LogP contribution < -0.4 is 0 Å². The van der Waals surface area contributed by atoms with Gasteiger partial charge in [-0.25, -0.2) is 4.39 Å². The first-order valence-electron chi connectivity index (χ1n) is 3.96. The van der Waals surface area contributed by atoms with Gasteiger partial charge in [0.25, 0.3) is 0 Å². The Morgan fingerprint density at radius 1 is 1.46 bits per heavy atom. The number of hydrogen-bond acceptors (Lipinski definition) is 2. The van der Waals surface area contributed by atoms with Gasteiger partial charge in [0.1, 0.15) is 11.4 Å². The van der Waals surface area contributed by atoms with Crippen LogP contribution in [0.15, 0.2) is 28.9 Å². The summed E-state index contributed by atoms with van der Waals surface area (Å²) in [5.41, 5.74) is 1.50. The summed E-state index contributed by atoms with van der Waals surface area (Å²) in [7, 11) is 1.61. The second kappa shape index (κ2) is 3.18. The Morgan fingerprint density at radius 2 is 2.31 bits per heavy atom. The lowest BCUT2D eigenvalue weighted by Crippen LogP contribution is -1.84. The molecule has 0 unspecified atom stereocenters. The van der Waals surface area contributed by atoms with Crippen molar-refractivity contribution in [2.45, 2.75) is 6.61 Å². The minimum absolute atomic E-state index is 0.286. The van der Waals surface area contributed by atoms with E-state index in [4.69, 9.17) is 9.15 Å². The summed E-state index contributed by atoms with van der Waals surface area (Å²) >= 11 is 0. The summed E-state index contributed by atoms with van der Waals surface area (Å²) in [4.78, 5) is 0. The number of ether oxygens (including phenoxy) is 1. The minimum atomic E-state index is -0.286. The lowest BCUT2D eigenvalue weighted by molar-refractivity contribution is 0.185. The molecule has 0 amide bonds. The zero-order valence-electron chi connectivity index (χ0n) is 7.21. The highest BCUT2D eigenvalue weighted by molar-refractivity contribution is 5.80. The zero-order chi connectivity index (χ0) is 9.26. The highest BCUT2D eigenvalue weighted by Gasteiger charge is 2.05. The molecule has 0 radical (unpaired) electrons. The highest BCUT2D eigenvalue weighted by atomic mass is 19.1. The van der Waals surface area contributed by atoms with Gasteiger partial charge in [-0.3, -0.25) is 0 Å². The van der Waals surface area contributed by atoms with E-state index < -0.39 is 0 Å². The molecule has 2 nitrogen and oxygen atoms in total. The largest absolute Gasteiger partial charge is 0.464 e. The SMILES string of the molecule is COCc1coc2cc(F)ccc12. The number of furan rings is 1. The third-order valence-electron chi connectivity index (χ3n) is 1.92. The normalized spacial score (nSPS) is 10.9. The van der Waals surface area contributed by atoms with Crippen molar-refractivity contribution in [2.75, 3.05) is 7.11 Å². The van der Waals surface area contributed by atoms with E-state index in [1.54, 1.807) is 19.4 Å². The van der Waals surface area contributed by atoms with Gasteiger partial charge in [0, 0.05) is 24.1 Å². The fraction of sp³-hybridized carbons (Fsp3) is 0.200. The molecule has 1 heterocycles. The summed E-state index contributed by atoms with van der Waals surface area (Å²) in [6.45, 7) is 0.485. The topological polar surface area (TPSA) is 22.4 Å². The van der Waals surface area contributed by atoms with Crippen LogP contribution in [0.25, 0.3) is 11.0 Å². The molecule has 2 aromatic rings. The number of hydrogen-bond donors (Lipinski definition) is 0. The fourth-order valence-corrected chi connectivity index (χ4v) is 1.32. The molecule has 68 valence electrons. The van der Waals surface area contributed by atoms with Crippen molar-refractivity contribution in [3.63, 3.8) is 0 Å². The van der Waals surface area contributed by atoms with Crippen LogP contribution >= 0.6 is 0 Å². The van der Waals surface area contributed by atoms with E-state index in [0.29, 0.717) is 12.2 Å². The lowest BCUT2D eigenvalue weighted by Gasteiger charge is -1.94. The maximum Gasteiger partial charge on any atom is 0.137 e. The van der Waals surface area contributed by atoms with Crippen LogP contribution in [0.5, 0.6) is 0 Å².